The van der Waals surface area contributed by atoms with Crippen LogP contribution in [0.4, 0.5) is 11.4 Å². The molecule has 1 aliphatic rings. The maximum Gasteiger partial charge on any atom is 0.278 e. The first-order valence-corrected chi connectivity index (χ1v) is 4.43. The molecule has 0 bridgehead atoms. The van der Waals surface area contributed by atoms with Crippen molar-refractivity contribution in [2.45, 2.75) is 0 Å². The van der Waals surface area contributed by atoms with Crippen LogP contribution in [-0.4, -0.2) is 19.6 Å². The van der Waals surface area contributed by atoms with Gasteiger partial charge in [0.2, 0.25) is 0 Å². The highest BCUT2D eigenvalue weighted by Crippen LogP contribution is 2.33. The number of amides is 1. The molecule has 1 amide bonds. The molecule has 2 rings (SSSR count). The molecule has 0 atom stereocenters. The Kier molecular flexibility index (Phi) is 2.18. The van der Waals surface area contributed by atoms with Gasteiger partial charge < -0.3 is 10.1 Å². The first-order chi connectivity index (χ1) is 7.26. The third kappa shape index (κ3) is 1.46. The van der Waals surface area contributed by atoms with E-state index in [4.69, 9.17) is 10.00 Å². The molecule has 5 heteroatoms. The second-order valence-electron chi connectivity index (χ2n) is 3.05. The summed E-state index contributed by atoms with van der Waals surface area (Å²) >= 11 is 0. The molecule has 1 aromatic carbocycles. The molecule has 0 saturated carbocycles. The molecular formula is C10H9N3O2. The van der Waals surface area contributed by atoms with Gasteiger partial charge in [-0.1, -0.05) is 0 Å². The van der Waals surface area contributed by atoms with Gasteiger partial charge in [0.1, 0.15) is 11.4 Å². The van der Waals surface area contributed by atoms with Gasteiger partial charge in [0.05, 0.1) is 0 Å². The van der Waals surface area contributed by atoms with E-state index in [1.807, 2.05) is 12.3 Å². The topological polar surface area (TPSA) is 65.4 Å². The van der Waals surface area contributed by atoms with Gasteiger partial charge in [0.15, 0.2) is 12.8 Å². The van der Waals surface area contributed by atoms with Crippen molar-refractivity contribution in [1.82, 2.24) is 0 Å². The van der Waals surface area contributed by atoms with Gasteiger partial charge in [-0.2, -0.15) is 5.26 Å². The van der Waals surface area contributed by atoms with Gasteiger partial charge >= 0.3 is 0 Å². The van der Waals surface area contributed by atoms with Crippen molar-refractivity contribution < 1.29 is 9.53 Å². The predicted molar refractivity (Wildman–Crippen MR) is 54.6 cm³/mol. The minimum absolute atomic E-state index is 0.0839. The van der Waals surface area contributed by atoms with E-state index in [-0.39, 0.29) is 12.5 Å². The highest BCUT2D eigenvalue weighted by atomic mass is 16.5. The van der Waals surface area contributed by atoms with E-state index in [1.165, 1.54) is 0 Å². The van der Waals surface area contributed by atoms with E-state index in [0.29, 0.717) is 11.4 Å². The van der Waals surface area contributed by atoms with Crippen LogP contribution in [0.25, 0.3) is 0 Å². The number of carbonyl (C=O) groups is 1. The van der Waals surface area contributed by atoms with Crippen LogP contribution in [0.1, 0.15) is 0 Å². The average molecular weight is 203 g/mol. The molecule has 5 nitrogen and oxygen atoms in total. The van der Waals surface area contributed by atoms with Crippen LogP contribution >= 0.6 is 0 Å². The van der Waals surface area contributed by atoms with Crippen molar-refractivity contribution in [3.8, 4) is 11.9 Å². The molecular weight excluding hydrogens is 194 g/mol. The second kappa shape index (κ2) is 3.50. The zero-order valence-corrected chi connectivity index (χ0v) is 8.15. The van der Waals surface area contributed by atoms with E-state index in [0.717, 1.165) is 10.6 Å². The lowest BCUT2D eigenvalue weighted by molar-refractivity contribution is -0.120. The Morgan fingerprint density at radius 2 is 2.40 bits per heavy atom. The number of rotatable bonds is 1. The van der Waals surface area contributed by atoms with E-state index < -0.39 is 0 Å². The van der Waals surface area contributed by atoms with Gasteiger partial charge in [0, 0.05) is 12.7 Å². The number of nitriles is 1. The number of hydrogen-bond donors (Lipinski definition) is 1. The summed E-state index contributed by atoms with van der Waals surface area (Å²) in [7, 11) is 1.77. The van der Waals surface area contributed by atoms with Crippen LogP contribution in [0.5, 0.6) is 5.75 Å². The summed E-state index contributed by atoms with van der Waals surface area (Å²) in [5.74, 6) is 0.202. The lowest BCUT2D eigenvalue weighted by Crippen LogP contribution is -2.35. The highest BCUT2D eigenvalue weighted by Gasteiger charge is 2.25. The third-order valence-electron chi connectivity index (χ3n) is 2.19. The molecule has 0 fully saturated rings. The Bertz CT molecular complexity index is 450. The molecule has 15 heavy (non-hydrogen) atoms. The number of hydrogen-bond acceptors (Lipinski definition) is 4. The van der Waals surface area contributed by atoms with Gasteiger partial charge in [-0.3, -0.25) is 4.79 Å². The molecule has 0 aliphatic carbocycles. The summed E-state index contributed by atoms with van der Waals surface area (Å²) < 4.78 is 5.20. The van der Waals surface area contributed by atoms with E-state index in [1.54, 1.807) is 19.2 Å². The number of fused-ring (bicyclic) bond motifs is 1. The fourth-order valence-electron chi connectivity index (χ4n) is 1.42. The van der Waals surface area contributed by atoms with E-state index >= 15 is 0 Å². The monoisotopic (exact) mass is 203 g/mol. The SMILES string of the molecule is CNc1ccc2c(c1)N(C#N)C(=O)CO2. The molecule has 76 valence electrons. The Balaban J connectivity index is 2.51. The standard InChI is InChI=1S/C10H9N3O2/c1-12-7-2-3-9-8(4-7)13(6-11)10(14)5-15-9/h2-4,12H,5H2,1H3. The summed E-state index contributed by atoms with van der Waals surface area (Å²) in [6.45, 7) is -0.0839. The Morgan fingerprint density at radius 1 is 1.60 bits per heavy atom. The van der Waals surface area contributed by atoms with E-state index in [2.05, 4.69) is 5.32 Å². The first-order valence-electron chi connectivity index (χ1n) is 4.43. The summed E-state index contributed by atoms with van der Waals surface area (Å²) in [6, 6.07) is 5.26. The van der Waals surface area contributed by atoms with Crippen LogP contribution in [0, 0.1) is 11.5 Å². The smallest absolute Gasteiger partial charge is 0.278 e. The molecule has 0 spiro atoms. The second-order valence-corrected chi connectivity index (χ2v) is 3.05. The van der Waals surface area contributed by atoms with Crippen LogP contribution in [0.2, 0.25) is 0 Å². The van der Waals surface area contributed by atoms with Crippen molar-refractivity contribution in [3.05, 3.63) is 18.2 Å². The van der Waals surface area contributed by atoms with Crippen molar-refractivity contribution in [2.24, 2.45) is 0 Å². The molecule has 1 heterocycles. The zero-order valence-electron chi connectivity index (χ0n) is 8.15. The fourth-order valence-corrected chi connectivity index (χ4v) is 1.42. The predicted octanol–water partition coefficient (Wildman–Crippen LogP) is 0.935. The minimum Gasteiger partial charge on any atom is -0.481 e. The van der Waals surface area contributed by atoms with Crippen LogP contribution in [0.15, 0.2) is 18.2 Å². The van der Waals surface area contributed by atoms with Crippen LogP contribution in [0.3, 0.4) is 0 Å². The summed E-state index contributed by atoms with van der Waals surface area (Å²) in [4.78, 5) is 12.4. The van der Waals surface area contributed by atoms with Crippen molar-refractivity contribution in [3.63, 3.8) is 0 Å². The van der Waals surface area contributed by atoms with Gasteiger partial charge in [-0.15, -0.1) is 0 Å². The Hall–Kier alpha value is -2.22. The summed E-state index contributed by atoms with van der Waals surface area (Å²) in [5, 5.41) is 11.8. The van der Waals surface area contributed by atoms with Crippen molar-refractivity contribution in [1.29, 1.82) is 5.26 Å². The van der Waals surface area contributed by atoms with E-state index in [9.17, 15) is 4.79 Å². The van der Waals surface area contributed by atoms with Crippen molar-refractivity contribution in [2.75, 3.05) is 23.9 Å². The number of nitrogens with one attached hydrogen (secondary N) is 1. The molecule has 1 aliphatic heterocycles. The molecule has 1 aromatic rings. The average Bonchev–Trinajstić information content (AvgIpc) is 2.28. The number of anilines is 2. The molecule has 0 unspecified atom stereocenters. The number of carbonyl (C=O) groups excluding carboxylic acids is 1. The Morgan fingerprint density at radius 3 is 3.07 bits per heavy atom. The lowest BCUT2D eigenvalue weighted by Gasteiger charge is -2.23. The van der Waals surface area contributed by atoms with Crippen LogP contribution in [-0.2, 0) is 4.79 Å². The first kappa shape index (κ1) is 9.34. The molecule has 0 aromatic heterocycles. The van der Waals surface area contributed by atoms with Crippen LogP contribution < -0.4 is 15.0 Å². The molecule has 1 N–H and O–H groups in total. The normalized spacial score (nSPS) is 13.9. The summed E-state index contributed by atoms with van der Waals surface area (Å²) in [5.41, 5.74) is 1.31. The maximum atomic E-state index is 11.3. The zero-order chi connectivity index (χ0) is 10.8. The largest absolute Gasteiger partial charge is 0.481 e. The van der Waals surface area contributed by atoms with Gasteiger partial charge in [-0.25, -0.2) is 4.90 Å². The third-order valence-corrected chi connectivity index (χ3v) is 2.19. The minimum atomic E-state index is -0.349. The van der Waals surface area contributed by atoms with Crippen molar-refractivity contribution >= 4 is 17.3 Å². The quantitative estimate of drug-likeness (QED) is 0.690. The maximum absolute atomic E-state index is 11.3. The molecule has 0 radical (unpaired) electrons. The lowest BCUT2D eigenvalue weighted by atomic mass is 10.2. The highest BCUT2D eigenvalue weighted by molar-refractivity contribution is 6.00. The van der Waals surface area contributed by atoms with Gasteiger partial charge in [-0.05, 0) is 18.2 Å². The summed E-state index contributed by atoms with van der Waals surface area (Å²) in [6.07, 6.45) is 1.84. The molecule has 0 saturated heterocycles. The number of nitrogens with zero attached hydrogens (tertiary/aromatic N) is 2. The fraction of sp³-hybridized carbons (Fsp3) is 0.200. The Labute approximate surface area is 86.9 Å². The number of ether oxygens (including phenoxy) is 1. The van der Waals surface area contributed by atoms with Gasteiger partial charge in [0.25, 0.3) is 5.91 Å². The number of benzene rings is 1.